The van der Waals surface area contributed by atoms with Crippen molar-refractivity contribution < 1.29 is 4.79 Å². The van der Waals surface area contributed by atoms with E-state index >= 15 is 0 Å². The van der Waals surface area contributed by atoms with Crippen molar-refractivity contribution in [2.24, 2.45) is 0 Å². The summed E-state index contributed by atoms with van der Waals surface area (Å²) in [6.45, 7) is 1.56. The van der Waals surface area contributed by atoms with Crippen LogP contribution in [0.5, 0.6) is 0 Å². The van der Waals surface area contributed by atoms with Gasteiger partial charge in [0.1, 0.15) is 0 Å². The fourth-order valence-corrected chi connectivity index (χ4v) is 4.22. The quantitative estimate of drug-likeness (QED) is 0.420. The maximum absolute atomic E-state index is 12.9. The van der Waals surface area contributed by atoms with Gasteiger partial charge in [0.25, 0.3) is 5.91 Å². The van der Waals surface area contributed by atoms with Crippen molar-refractivity contribution in [3.05, 3.63) is 64.6 Å². The van der Waals surface area contributed by atoms with E-state index in [4.69, 9.17) is 0 Å². The Morgan fingerprint density at radius 2 is 1.89 bits per heavy atom. The normalized spacial score (nSPS) is 11.1. The molecule has 0 bridgehead atoms. The Bertz CT molecular complexity index is 943. The number of thiazole rings is 1. The third-order valence-corrected chi connectivity index (χ3v) is 5.58. The molecule has 0 aliphatic heterocycles. The van der Waals surface area contributed by atoms with E-state index in [1.165, 1.54) is 0 Å². The number of halogens is 2. The lowest BCUT2D eigenvalue weighted by atomic mass is 10.2. The summed E-state index contributed by atoms with van der Waals surface area (Å²) in [6.07, 6.45) is 4.37. The Morgan fingerprint density at radius 1 is 1.14 bits per heavy atom. The van der Waals surface area contributed by atoms with Crippen LogP contribution in [0.25, 0.3) is 16.3 Å². The van der Waals surface area contributed by atoms with E-state index in [-0.39, 0.29) is 18.3 Å². The highest BCUT2D eigenvalue weighted by molar-refractivity contribution is 9.10. The molecule has 1 aromatic heterocycles. The van der Waals surface area contributed by atoms with Gasteiger partial charge >= 0.3 is 0 Å². The molecule has 0 saturated carbocycles. The monoisotopic (exact) mass is 479 g/mol. The van der Waals surface area contributed by atoms with Crippen molar-refractivity contribution in [2.45, 2.75) is 6.42 Å². The fraction of sp³-hybridized carbons (Fsp3) is 0.238. The molecule has 0 saturated heterocycles. The summed E-state index contributed by atoms with van der Waals surface area (Å²) in [7, 11) is 4.08. The summed E-state index contributed by atoms with van der Waals surface area (Å²) < 4.78 is 2.08. The molecule has 0 radical (unpaired) electrons. The maximum Gasteiger partial charge on any atom is 0.252 e. The number of rotatable bonds is 7. The van der Waals surface area contributed by atoms with Crippen LogP contribution in [0.2, 0.25) is 0 Å². The number of amides is 1. The van der Waals surface area contributed by atoms with Crippen molar-refractivity contribution in [1.82, 2.24) is 9.88 Å². The van der Waals surface area contributed by atoms with E-state index in [2.05, 4.69) is 25.8 Å². The SMILES string of the molecule is CN(C)CCCN(C(=O)C=Cc1ccccc1)c1nc2ccc(Br)cc2s1.Cl. The number of aromatic nitrogens is 1. The van der Waals surface area contributed by atoms with Gasteiger partial charge in [-0.25, -0.2) is 4.98 Å². The van der Waals surface area contributed by atoms with Gasteiger partial charge in [0, 0.05) is 17.1 Å². The van der Waals surface area contributed by atoms with E-state index < -0.39 is 0 Å². The van der Waals surface area contributed by atoms with Crippen LogP contribution in [0.3, 0.4) is 0 Å². The summed E-state index contributed by atoms with van der Waals surface area (Å²) in [5.74, 6) is -0.0456. The molecule has 0 aliphatic rings. The number of hydrogen-bond donors (Lipinski definition) is 0. The fourth-order valence-electron chi connectivity index (χ4n) is 2.67. The third kappa shape index (κ3) is 6.14. The number of hydrogen-bond acceptors (Lipinski definition) is 4. The zero-order chi connectivity index (χ0) is 19.2. The molecule has 3 aromatic rings. The average Bonchev–Trinajstić information content (AvgIpc) is 3.06. The zero-order valence-electron chi connectivity index (χ0n) is 15.8. The summed E-state index contributed by atoms with van der Waals surface area (Å²) in [5, 5.41) is 0.740. The van der Waals surface area contributed by atoms with E-state index in [0.29, 0.717) is 6.54 Å². The van der Waals surface area contributed by atoms with Gasteiger partial charge < -0.3 is 4.90 Å². The predicted octanol–water partition coefficient (Wildman–Crippen LogP) is 5.48. The number of carbonyl (C=O) groups excluding carboxylic acids is 1. The average molecular weight is 481 g/mol. The zero-order valence-corrected chi connectivity index (χ0v) is 19.1. The van der Waals surface area contributed by atoms with Crippen LogP contribution in [0, 0.1) is 0 Å². The van der Waals surface area contributed by atoms with Crippen molar-refractivity contribution in [1.29, 1.82) is 0 Å². The Hall–Kier alpha value is -1.73. The highest BCUT2D eigenvalue weighted by Crippen LogP contribution is 2.31. The molecule has 0 atom stereocenters. The van der Waals surface area contributed by atoms with Gasteiger partial charge in [0.15, 0.2) is 5.13 Å². The number of carbonyl (C=O) groups is 1. The van der Waals surface area contributed by atoms with Crippen molar-refractivity contribution in [2.75, 3.05) is 32.1 Å². The first-order chi connectivity index (χ1) is 13.0. The number of fused-ring (bicyclic) bond motifs is 1. The first-order valence-electron chi connectivity index (χ1n) is 8.78. The number of nitrogens with zero attached hydrogens (tertiary/aromatic N) is 3. The molecule has 2 aromatic carbocycles. The topological polar surface area (TPSA) is 36.4 Å². The van der Waals surface area contributed by atoms with Crippen molar-refractivity contribution in [3.8, 4) is 0 Å². The lowest BCUT2D eigenvalue weighted by molar-refractivity contribution is -0.114. The largest absolute Gasteiger partial charge is 0.309 e. The molecule has 0 fully saturated rings. The molecule has 148 valence electrons. The van der Waals surface area contributed by atoms with E-state index in [1.54, 1.807) is 22.3 Å². The van der Waals surface area contributed by atoms with Gasteiger partial charge in [-0.2, -0.15) is 0 Å². The van der Waals surface area contributed by atoms with Gasteiger partial charge in [0.2, 0.25) is 0 Å². The predicted molar refractivity (Wildman–Crippen MR) is 126 cm³/mol. The van der Waals surface area contributed by atoms with E-state index in [9.17, 15) is 4.79 Å². The van der Waals surface area contributed by atoms with Crippen LogP contribution < -0.4 is 4.90 Å². The number of anilines is 1. The van der Waals surface area contributed by atoms with Gasteiger partial charge in [-0.15, -0.1) is 12.4 Å². The molecule has 1 amide bonds. The Balaban J connectivity index is 0.00000280. The van der Waals surface area contributed by atoms with Crippen molar-refractivity contribution >= 4 is 67.0 Å². The number of benzene rings is 2. The van der Waals surface area contributed by atoms with E-state index in [0.717, 1.165) is 38.3 Å². The van der Waals surface area contributed by atoms with Gasteiger partial charge in [-0.1, -0.05) is 57.6 Å². The second-order valence-corrected chi connectivity index (χ2v) is 8.42. The molecule has 7 heteroatoms. The van der Waals surface area contributed by atoms with Crippen LogP contribution in [0.1, 0.15) is 12.0 Å². The van der Waals surface area contributed by atoms with Crippen LogP contribution >= 0.6 is 39.7 Å². The first kappa shape index (κ1) is 22.6. The summed E-state index contributed by atoms with van der Waals surface area (Å²) in [6, 6.07) is 15.8. The molecule has 0 spiro atoms. The minimum atomic E-state index is -0.0456. The molecular weight excluding hydrogens is 458 g/mol. The van der Waals surface area contributed by atoms with E-state index in [1.807, 2.05) is 68.7 Å². The van der Waals surface area contributed by atoms with Crippen molar-refractivity contribution in [3.63, 3.8) is 0 Å². The second kappa shape index (κ2) is 10.7. The summed E-state index contributed by atoms with van der Waals surface area (Å²) in [5.41, 5.74) is 1.92. The smallest absolute Gasteiger partial charge is 0.252 e. The van der Waals surface area contributed by atoms with Crippen LogP contribution in [0.15, 0.2) is 59.1 Å². The molecule has 1 heterocycles. The minimum Gasteiger partial charge on any atom is -0.309 e. The Labute approximate surface area is 184 Å². The first-order valence-corrected chi connectivity index (χ1v) is 10.4. The van der Waals surface area contributed by atoms with Gasteiger partial charge in [0.05, 0.1) is 10.2 Å². The molecule has 0 N–H and O–H groups in total. The summed E-state index contributed by atoms with van der Waals surface area (Å²) in [4.78, 5) is 21.5. The highest BCUT2D eigenvalue weighted by Gasteiger charge is 2.17. The molecule has 0 aliphatic carbocycles. The summed E-state index contributed by atoms with van der Waals surface area (Å²) >= 11 is 5.04. The highest BCUT2D eigenvalue weighted by atomic mass is 79.9. The lowest BCUT2D eigenvalue weighted by Crippen LogP contribution is -2.32. The maximum atomic E-state index is 12.9. The second-order valence-electron chi connectivity index (χ2n) is 6.50. The molecule has 28 heavy (non-hydrogen) atoms. The third-order valence-electron chi connectivity index (χ3n) is 4.04. The standard InChI is InChI=1S/C21H22BrN3OS.ClH/c1-24(2)13-6-14-25(20(26)12-9-16-7-4-3-5-8-16)21-23-18-11-10-17(22)15-19(18)27-21;/h3-5,7-12,15H,6,13-14H2,1-2H3;1H. The molecule has 3 rings (SSSR count). The Kier molecular flexibility index (Phi) is 8.63. The molecule has 0 unspecified atom stereocenters. The minimum absolute atomic E-state index is 0. The van der Waals surface area contributed by atoms with Gasteiger partial charge in [-0.3, -0.25) is 9.69 Å². The van der Waals surface area contributed by atoms with Crippen LogP contribution in [-0.2, 0) is 4.79 Å². The molecular formula is C21H23BrClN3OS. The van der Waals surface area contributed by atoms with Crippen LogP contribution in [-0.4, -0.2) is 43.0 Å². The van der Waals surface area contributed by atoms with Crippen LogP contribution in [0.4, 0.5) is 5.13 Å². The lowest BCUT2D eigenvalue weighted by Gasteiger charge is -2.19. The molecule has 4 nitrogen and oxygen atoms in total. The van der Waals surface area contributed by atoms with Gasteiger partial charge in [-0.05, 0) is 56.9 Å². The Morgan fingerprint density at radius 3 is 2.61 bits per heavy atom.